The van der Waals surface area contributed by atoms with Gasteiger partial charge in [-0.25, -0.2) is 9.80 Å². The molecule has 2 bridgehead atoms. The third kappa shape index (κ3) is 1.69. The number of amides is 1. The van der Waals surface area contributed by atoms with Gasteiger partial charge in [0.1, 0.15) is 5.60 Å². The standard InChI is InChI=1S/C10H16N2O2/c1-10(2,3)14-9(13)12-7-8-4-5-11(12)6-8/h4-5,8H,6-7H2,1-3H3. The van der Waals surface area contributed by atoms with Crippen molar-refractivity contribution < 1.29 is 9.53 Å². The van der Waals surface area contributed by atoms with Crippen molar-refractivity contribution in [3.63, 3.8) is 0 Å². The molecule has 0 aliphatic carbocycles. The summed E-state index contributed by atoms with van der Waals surface area (Å²) < 4.78 is 5.29. The van der Waals surface area contributed by atoms with Crippen molar-refractivity contribution in [1.29, 1.82) is 0 Å². The molecule has 0 saturated carbocycles. The third-order valence-electron chi connectivity index (χ3n) is 2.27. The van der Waals surface area contributed by atoms with Crippen molar-refractivity contribution in [3.8, 4) is 0 Å². The monoisotopic (exact) mass is 196 g/mol. The van der Waals surface area contributed by atoms with E-state index in [1.807, 2.05) is 32.0 Å². The lowest BCUT2D eigenvalue weighted by atomic mass is 10.2. The highest BCUT2D eigenvalue weighted by Gasteiger charge is 2.36. The number of carbonyl (C=O) groups excluding carboxylic acids is 1. The van der Waals surface area contributed by atoms with E-state index in [0.717, 1.165) is 13.1 Å². The maximum Gasteiger partial charge on any atom is 0.429 e. The van der Waals surface area contributed by atoms with Gasteiger partial charge in [0.25, 0.3) is 0 Å². The SMILES string of the molecule is CC(C)(C)OC(=O)N1CC2C=CN1C2. The summed E-state index contributed by atoms with van der Waals surface area (Å²) in [7, 11) is 0. The molecule has 14 heavy (non-hydrogen) atoms. The van der Waals surface area contributed by atoms with Crippen LogP contribution in [0.2, 0.25) is 0 Å². The van der Waals surface area contributed by atoms with Crippen LogP contribution >= 0.6 is 0 Å². The van der Waals surface area contributed by atoms with Crippen molar-refractivity contribution in [2.75, 3.05) is 13.1 Å². The molecule has 0 spiro atoms. The molecular weight excluding hydrogens is 180 g/mol. The first-order chi connectivity index (χ1) is 6.46. The third-order valence-corrected chi connectivity index (χ3v) is 2.27. The first-order valence-electron chi connectivity index (χ1n) is 4.91. The van der Waals surface area contributed by atoms with E-state index >= 15 is 0 Å². The van der Waals surface area contributed by atoms with Crippen LogP contribution in [-0.4, -0.2) is 34.8 Å². The Morgan fingerprint density at radius 3 is 2.57 bits per heavy atom. The molecule has 0 N–H and O–H groups in total. The summed E-state index contributed by atoms with van der Waals surface area (Å²) in [6.45, 7) is 7.31. The van der Waals surface area contributed by atoms with Crippen LogP contribution < -0.4 is 0 Å². The largest absolute Gasteiger partial charge is 0.442 e. The summed E-state index contributed by atoms with van der Waals surface area (Å²) >= 11 is 0. The second-order valence-electron chi connectivity index (χ2n) is 4.79. The van der Waals surface area contributed by atoms with Gasteiger partial charge >= 0.3 is 6.09 Å². The van der Waals surface area contributed by atoms with Crippen LogP contribution in [0.5, 0.6) is 0 Å². The first kappa shape index (κ1) is 9.37. The topological polar surface area (TPSA) is 32.8 Å². The Labute approximate surface area is 84.1 Å². The molecule has 1 saturated heterocycles. The Kier molecular flexibility index (Phi) is 1.94. The maximum atomic E-state index is 11.7. The molecule has 0 aromatic carbocycles. The van der Waals surface area contributed by atoms with Gasteiger partial charge in [-0.3, -0.25) is 5.01 Å². The van der Waals surface area contributed by atoms with E-state index in [1.165, 1.54) is 0 Å². The van der Waals surface area contributed by atoms with Gasteiger partial charge in [0.2, 0.25) is 0 Å². The molecule has 1 amide bonds. The van der Waals surface area contributed by atoms with E-state index in [0.29, 0.717) is 5.92 Å². The van der Waals surface area contributed by atoms with Crippen LogP contribution in [0, 0.1) is 5.92 Å². The molecule has 1 unspecified atom stereocenters. The smallest absolute Gasteiger partial charge is 0.429 e. The summed E-state index contributed by atoms with van der Waals surface area (Å²) in [5.41, 5.74) is -0.413. The van der Waals surface area contributed by atoms with E-state index in [9.17, 15) is 4.79 Å². The second-order valence-corrected chi connectivity index (χ2v) is 4.79. The summed E-state index contributed by atoms with van der Waals surface area (Å²) in [6.07, 6.45) is 3.82. The minimum absolute atomic E-state index is 0.246. The van der Waals surface area contributed by atoms with Gasteiger partial charge in [0.05, 0.1) is 6.54 Å². The molecule has 2 aliphatic heterocycles. The Morgan fingerprint density at radius 1 is 1.43 bits per heavy atom. The molecule has 2 rings (SSSR count). The lowest BCUT2D eigenvalue weighted by Crippen LogP contribution is -2.42. The van der Waals surface area contributed by atoms with E-state index in [4.69, 9.17) is 4.74 Å². The highest BCUT2D eigenvalue weighted by molar-refractivity contribution is 5.68. The summed E-state index contributed by atoms with van der Waals surface area (Å²) in [4.78, 5) is 11.7. The van der Waals surface area contributed by atoms with Crippen LogP contribution in [0.4, 0.5) is 4.79 Å². The zero-order valence-corrected chi connectivity index (χ0v) is 8.86. The fourth-order valence-corrected chi connectivity index (χ4v) is 1.70. The minimum atomic E-state index is -0.413. The fraction of sp³-hybridized carbons (Fsp3) is 0.700. The molecular formula is C10H16N2O2. The number of rotatable bonds is 0. The average molecular weight is 196 g/mol. The number of nitrogens with zero attached hydrogens (tertiary/aromatic N) is 2. The molecule has 0 aromatic heterocycles. The van der Waals surface area contributed by atoms with Gasteiger partial charge in [-0.15, -0.1) is 0 Å². The van der Waals surface area contributed by atoms with Crippen molar-refractivity contribution in [3.05, 3.63) is 12.3 Å². The Bertz CT molecular complexity index is 280. The zero-order valence-electron chi connectivity index (χ0n) is 8.86. The summed E-state index contributed by atoms with van der Waals surface area (Å²) in [5.74, 6) is 0.488. The highest BCUT2D eigenvalue weighted by atomic mass is 16.6. The molecule has 2 aliphatic rings. The Hall–Kier alpha value is -1.19. The summed E-state index contributed by atoms with van der Waals surface area (Å²) in [5, 5.41) is 3.58. The van der Waals surface area contributed by atoms with Gasteiger partial charge in [-0.2, -0.15) is 0 Å². The lowest BCUT2D eigenvalue weighted by Gasteiger charge is -2.29. The van der Waals surface area contributed by atoms with E-state index in [2.05, 4.69) is 6.08 Å². The quantitative estimate of drug-likeness (QED) is 0.590. The minimum Gasteiger partial charge on any atom is -0.442 e. The molecule has 78 valence electrons. The molecule has 0 aromatic rings. The number of ether oxygens (including phenoxy) is 1. The van der Waals surface area contributed by atoms with Crippen molar-refractivity contribution >= 4 is 6.09 Å². The molecule has 1 fully saturated rings. The number of hydrazine groups is 1. The van der Waals surface area contributed by atoms with Crippen LogP contribution in [-0.2, 0) is 4.74 Å². The Balaban J connectivity index is 1.97. The molecule has 0 radical (unpaired) electrons. The Morgan fingerprint density at radius 2 is 2.14 bits per heavy atom. The molecule has 4 heteroatoms. The highest BCUT2D eigenvalue weighted by Crippen LogP contribution is 2.26. The van der Waals surface area contributed by atoms with E-state index in [1.54, 1.807) is 5.01 Å². The van der Waals surface area contributed by atoms with Gasteiger partial charge < -0.3 is 4.74 Å². The van der Waals surface area contributed by atoms with Gasteiger partial charge in [-0.1, -0.05) is 6.08 Å². The number of fused-ring (bicyclic) bond motifs is 2. The van der Waals surface area contributed by atoms with Crippen LogP contribution in [0.25, 0.3) is 0 Å². The predicted octanol–water partition coefficient (Wildman–Crippen LogP) is 1.60. The predicted molar refractivity (Wildman–Crippen MR) is 52.3 cm³/mol. The zero-order chi connectivity index (χ0) is 10.3. The van der Waals surface area contributed by atoms with Crippen molar-refractivity contribution in [2.24, 2.45) is 5.92 Å². The number of hydrogen-bond donors (Lipinski definition) is 0. The van der Waals surface area contributed by atoms with E-state index < -0.39 is 5.60 Å². The van der Waals surface area contributed by atoms with Gasteiger partial charge in [-0.05, 0) is 20.8 Å². The fourth-order valence-electron chi connectivity index (χ4n) is 1.70. The number of hydrogen-bond acceptors (Lipinski definition) is 3. The first-order valence-corrected chi connectivity index (χ1v) is 4.91. The second kappa shape index (κ2) is 2.90. The molecule has 2 heterocycles. The van der Waals surface area contributed by atoms with Crippen LogP contribution in [0.15, 0.2) is 12.3 Å². The van der Waals surface area contributed by atoms with Crippen LogP contribution in [0.1, 0.15) is 20.8 Å². The van der Waals surface area contributed by atoms with Gasteiger partial charge in [0.15, 0.2) is 0 Å². The average Bonchev–Trinajstić information content (AvgIpc) is 2.59. The normalized spacial score (nSPS) is 24.6. The molecule has 4 nitrogen and oxygen atoms in total. The lowest BCUT2D eigenvalue weighted by molar-refractivity contribution is -0.0101. The van der Waals surface area contributed by atoms with Crippen molar-refractivity contribution in [2.45, 2.75) is 26.4 Å². The summed E-state index contributed by atoms with van der Waals surface area (Å²) in [6, 6.07) is 0. The molecule has 1 atom stereocenters. The van der Waals surface area contributed by atoms with Gasteiger partial charge in [0, 0.05) is 18.7 Å². The number of carbonyl (C=O) groups is 1. The van der Waals surface area contributed by atoms with E-state index in [-0.39, 0.29) is 6.09 Å². The maximum absolute atomic E-state index is 11.7. The van der Waals surface area contributed by atoms with Crippen molar-refractivity contribution in [1.82, 2.24) is 10.0 Å². The van der Waals surface area contributed by atoms with Crippen LogP contribution in [0.3, 0.4) is 0 Å².